The van der Waals surface area contributed by atoms with E-state index < -0.39 is 5.60 Å². The zero-order valence-electron chi connectivity index (χ0n) is 22.1. The summed E-state index contributed by atoms with van der Waals surface area (Å²) < 4.78 is 9.27. The molecule has 2 N–H and O–H groups in total. The average molecular weight is 497 g/mol. The van der Waals surface area contributed by atoms with Gasteiger partial charge < -0.3 is 19.7 Å². The maximum Gasteiger partial charge on any atom is 0.165 e. The number of nitrogens with one attached hydrogen (secondary N) is 1. The van der Waals surface area contributed by atoms with E-state index in [1.807, 2.05) is 60.4 Å². The molecule has 5 aromatic rings. The molecule has 0 aliphatic heterocycles. The third-order valence-corrected chi connectivity index (χ3v) is 6.55. The third kappa shape index (κ3) is 4.68. The van der Waals surface area contributed by atoms with Gasteiger partial charge in [0.2, 0.25) is 0 Å². The number of imidazole rings is 1. The molecule has 0 saturated carbocycles. The van der Waals surface area contributed by atoms with E-state index in [0.29, 0.717) is 17.9 Å². The Balaban J connectivity index is 1.56. The molecule has 3 heterocycles. The maximum atomic E-state index is 10.9. The van der Waals surface area contributed by atoms with Crippen molar-refractivity contribution in [2.75, 3.05) is 12.4 Å². The highest BCUT2D eigenvalue weighted by Gasteiger charge is 2.24. The molecule has 0 aliphatic carbocycles. The molecule has 5 rings (SSSR count). The minimum atomic E-state index is -1.12. The Labute approximate surface area is 216 Å². The molecule has 0 fully saturated rings. The molecule has 0 amide bonds. The van der Waals surface area contributed by atoms with Gasteiger partial charge in [-0.2, -0.15) is 9.61 Å². The van der Waals surface area contributed by atoms with E-state index in [9.17, 15) is 5.11 Å². The van der Waals surface area contributed by atoms with Crippen molar-refractivity contribution in [2.24, 2.45) is 7.05 Å². The SMILES string of the molecule is COc1ccc(-c2c(C)nn3c(NCc4cccc(-c5nccn5C)c4)cc(C(C)(C)O)nc23)cc1C. The number of benzene rings is 2. The highest BCUT2D eigenvalue weighted by molar-refractivity contribution is 5.81. The molecule has 0 radical (unpaired) electrons. The lowest BCUT2D eigenvalue weighted by molar-refractivity contribution is 0.0740. The Morgan fingerprint density at radius 2 is 1.86 bits per heavy atom. The second kappa shape index (κ2) is 9.37. The Bertz CT molecular complexity index is 1590. The monoisotopic (exact) mass is 496 g/mol. The molecule has 8 nitrogen and oxygen atoms in total. The molecule has 37 heavy (non-hydrogen) atoms. The van der Waals surface area contributed by atoms with Crippen molar-refractivity contribution in [1.82, 2.24) is 24.1 Å². The molecular weight excluding hydrogens is 464 g/mol. The van der Waals surface area contributed by atoms with Crippen LogP contribution in [0.15, 0.2) is 60.9 Å². The van der Waals surface area contributed by atoms with E-state index >= 15 is 0 Å². The molecule has 8 heteroatoms. The minimum absolute atomic E-state index is 0.565. The second-order valence-electron chi connectivity index (χ2n) is 9.88. The number of fused-ring (bicyclic) bond motifs is 1. The minimum Gasteiger partial charge on any atom is -0.496 e. The van der Waals surface area contributed by atoms with Crippen LogP contribution in [0.1, 0.15) is 36.4 Å². The number of aromatic nitrogens is 5. The van der Waals surface area contributed by atoms with Gasteiger partial charge in [0.1, 0.15) is 23.0 Å². The maximum absolute atomic E-state index is 10.9. The number of nitrogens with zero attached hydrogens (tertiary/aromatic N) is 5. The van der Waals surface area contributed by atoms with Crippen molar-refractivity contribution >= 4 is 11.5 Å². The molecule has 0 atom stereocenters. The highest BCUT2D eigenvalue weighted by Crippen LogP contribution is 2.34. The van der Waals surface area contributed by atoms with Crippen molar-refractivity contribution in [1.29, 1.82) is 0 Å². The van der Waals surface area contributed by atoms with Crippen LogP contribution in [0.4, 0.5) is 5.82 Å². The number of aliphatic hydroxyl groups is 1. The average Bonchev–Trinajstić information content (AvgIpc) is 3.44. The first-order chi connectivity index (χ1) is 17.7. The summed E-state index contributed by atoms with van der Waals surface area (Å²) in [7, 11) is 3.66. The van der Waals surface area contributed by atoms with Crippen LogP contribution < -0.4 is 10.1 Å². The molecule has 0 bridgehead atoms. The number of rotatable bonds is 7. The fraction of sp³-hybridized carbons (Fsp3) is 0.276. The highest BCUT2D eigenvalue weighted by atomic mass is 16.5. The Morgan fingerprint density at radius 1 is 1.05 bits per heavy atom. The van der Waals surface area contributed by atoms with Gasteiger partial charge in [0.15, 0.2) is 5.65 Å². The van der Waals surface area contributed by atoms with E-state index in [-0.39, 0.29) is 0 Å². The van der Waals surface area contributed by atoms with Crippen molar-refractivity contribution in [3.63, 3.8) is 0 Å². The molecule has 190 valence electrons. The fourth-order valence-corrected chi connectivity index (χ4v) is 4.59. The van der Waals surface area contributed by atoms with Crippen molar-refractivity contribution in [2.45, 2.75) is 39.8 Å². The smallest absolute Gasteiger partial charge is 0.165 e. The molecule has 3 aromatic heterocycles. The van der Waals surface area contributed by atoms with Crippen LogP contribution in [0, 0.1) is 13.8 Å². The lowest BCUT2D eigenvalue weighted by atomic mass is 10.0. The van der Waals surface area contributed by atoms with Crippen LogP contribution >= 0.6 is 0 Å². The summed E-state index contributed by atoms with van der Waals surface area (Å²) >= 11 is 0. The van der Waals surface area contributed by atoms with Crippen LogP contribution in [0.25, 0.3) is 28.2 Å². The van der Waals surface area contributed by atoms with Gasteiger partial charge in [-0.25, -0.2) is 9.97 Å². The van der Waals surface area contributed by atoms with Crippen LogP contribution in [0.3, 0.4) is 0 Å². The number of hydrogen-bond acceptors (Lipinski definition) is 6. The van der Waals surface area contributed by atoms with Crippen molar-refractivity contribution in [3.8, 4) is 28.3 Å². The molecule has 0 spiro atoms. The summed E-state index contributed by atoms with van der Waals surface area (Å²) in [5, 5.41) is 19.2. The first-order valence-corrected chi connectivity index (χ1v) is 12.2. The summed E-state index contributed by atoms with van der Waals surface area (Å²) in [6.45, 7) is 8.05. The first-order valence-electron chi connectivity index (χ1n) is 12.2. The van der Waals surface area contributed by atoms with Gasteiger partial charge in [0.25, 0.3) is 0 Å². The zero-order chi connectivity index (χ0) is 26.3. The van der Waals surface area contributed by atoms with Crippen LogP contribution in [0.5, 0.6) is 5.75 Å². The Hall–Kier alpha value is -4.17. The molecule has 0 saturated heterocycles. The van der Waals surface area contributed by atoms with Crippen LogP contribution in [0.2, 0.25) is 0 Å². The lowest BCUT2D eigenvalue weighted by Crippen LogP contribution is -2.19. The summed E-state index contributed by atoms with van der Waals surface area (Å²) in [4.78, 5) is 9.33. The lowest BCUT2D eigenvalue weighted by Gasteiger charge is -2.19. The fourth-order valence-electron chi connectivity index (χ4n) is 4.59. The van der Waals surface area contributed by atoms with Gasteiger partial charge in [-0.3, -0.25) is 0 Å². The van der Waals surface area contributed by atoms with Gasteiger partial charge >= 0.3 is 0 Å². The van der Waals surface area contributed by atoms with Gasteiger partial charge in [0, 0.05) is 43.2 Å². The Kier molecular flexibility index (Phi) is 6.21. The predicted octanol–water partition coefficient (Wildman–Crippen LogP) is 5.26. The summed E-state index contributed by atoms with van der Waals surface area (Å²) in [6, 6.07) is 16.2. The summed E-state index contributed by atoms with van der Waals surface area (Å²) in [5.41, 5.74) is 6.09. The standard InChI is InChI=1S/C29H32N6O2/c1-18-14-21(10-11-23(18)37-6)26-19(2)33-35-25(16-24(29(3,4)36)32-28(26)35)31-17-20-8-7-9-22(15-20)27-30-12-13-34(27)5/h7-16,31,36H,17H2,1-6H3. The van der Waals surface area contributed by atoms with Crippen LogP contribution in [-0.2, 0) is 19.2 Å². The quantitative estimate of drug-likeness (QED) is 0.319. The van der Waals surface area contributed by atoms with Crippen molar-refractivity contribution < 1.29 is 9.84 Å². The van der Waals surface area contributed by atoms with Gasteiger partial charge in [0.05, 0.1) is 18.5 Å². The Morgan fingerprint density at radius 3 is 2.54 bits per heavy atom. The van der Waals surface area contributed by atoms with E-state index in [2.05, 4.69) is 34.6 Å². The molecular formula is C29H32N6O2. The first kappa shape index (κ1) is 24.5. The normalized spacial score (nSPS) is 11.8. The number of ether oxygens (including phenoxy) is 1. The van der Waals surface area contributed by atoms with Crippen LogP contribution in [-0.4, -0.2) is 36.4 Å². The molecule has 0 unspecified atom stereocenters. The summed E-state index contributed by atoms with van der Waals surface area (Å²) in [6.07, 6.45) is 3.74. The second-order valence-corrected chi connectivity index (χ2v) is 9.88. The van der Waals surface area contributed by atoms with E-state index in [1.54, 1.807) is 27.2 Å². The van der Waals surface area contributed by atoms with Gasteiger partial charge in [-0.15, -0.1) is 0 Å². The third-order valence-electron chi connectivity index (χ3n) is 6.55. The predicted molar refractivity (Wildman–Crippen MR) is 146 cm³/mol. The zero-order valence-corrected chi connectivity index (χ0v) is 22.1. The number of anilines is 1. The largest absolute Gasteiger partial charge is 0.496 e. The summed E-state index contributed by atoms with van der Waals surface area (Å²) in [5.74, 6) is 2.50. The van der Waals surface area contributed by atoms with Gasteiger partial charge in [-0.05, 0) is 62.6 Å². The van der Waals surface area contributed by atoms with E-state index in [1.165, 1.54) is 0 Å². The number of hydrogen-bond donors (Lipinski definition) is 2. The van der Waals surface area contributed by atoms with E-state index in [4.69, 9.17) is 14.8 Å². The van der Waals surface area contributed by atoms with Crippen molar-refractivity contribution in [3.05, 3.63) is 83.4 Å². The topological polar surface area (TPSA) is 89.5 Å². The molecule has 0 aliphatic rings. The van der Waals surface area contributed by atoms with Gasteiger partial charge in [-0.1, -0.05) is 24.3 Å². The molecule has 2 aromatic carbocycles. The number of aryl methyl sites for hydroxylation is 3. The van der Waals surface area contributed by atoms with E-state index in [0.717, 1.165) is 50.9 Å². The number of methoxy groups -OCH3 is 1.